The second-order valence-corrected chi connectivity index (χ2v) is 8.46. The summed E-state index contributed by atoms with van der Waals surface area (Å²) in [7, 11) is 0. The SMILES string of the molecule is Cc1cccc(-c2ccc(C(=O)N3CCN(C(=O)c4cccc(Cl)c4Cl)CC3)c(=O)[nH]2)c1. The normalized spacial score (nSPS) is 13.8. The van der Waals surface area contributed by atoms with Crippen LogP contribution in [0.15, 0.2) is 59.4 Å². The Morgan fingerprint density at radius 2 is 1.47 bits per heavy atom. The van der Waals surface area contributed by atoms with Crippen LogP contribution >= 0.6 is 23.2 Å². The first kappa shape index (κ1) is 22.1. The summed E-state index contributed by atoms with van der Waals surface area (Å²) >= 11 is 12.2. The minimum atomic E-state index is -0.432. The van der Waals surface area contributed by atoms with Crippen LogP contribution in [0.3, 0.4) is 0 Å². The molecule has 6 nitrogen and oxygen atoms in total. The second kappa shape index (κ2) is 9.18. The summed E-state index contributed by atoms with van der Waals surface area (Å²) < 4.78 is 0. The number of amides is 2. The van der Waals surface area contributed by atoms with Crippen molar-refractivity contribution in [2.75, 3.05) is 26.2 Å². The number of aromatic nitrogens is 1. The molecule has 1 N–H and O–H groups in total. The molecule has 3 aromatic rings. The lowest BCUT2D eigenvalue weighted by Crippen LogP contribution is -2.51. The van der Waals surface area contributed by atoms with E-state index in [1.807, 2.05) is 31.2 Å². The molecule has 0 radical (unpaired) electrons. The van der Waals surface area contributed by atoms with E-state index in [0.717, 1.165) is 11.1 Å². The number of aromatic amines is 1. The number of hydrogen-bond acceptors (Lipinski definition) is 3. The van der Waals surface area contributed by atoms with Gasteiger partial charge in [-0.05, 0) is 42.8 Å². The van der Waals surface area contributed by atoms with Gasteiger partial charge in [0.15, 0.2) is 0 Å². The summed E-state index contributed by atoms with van der Waals surface area (Å²) in [5, 5.41) is 0.539. The predicted molar refractivity (Wildman–Crippen MR) is 126 cm³/mol. The van der Waals surface area contributed by atoms with Crippen LogP contribution in [0.1, 0.15) is 26.3 Å². The zero-order valence-corrected chi connectivity index (χ0v) is 18.9. The van der Waals surface area contributed by atoms with Crippen LogP contribution in [0.4, 0.5) is 0 Å². The Balaban J connectivity index is 1.45. The van der Waals surface area contributed by atoms with E-state index in [4.69, 9.17) is 23.2 Å². The Kier molecular flexibility index (Phi) is 6.35. The van der Waals surface area contributed by atoms with Crippen molar-refractivity contribution in [3.63, 3.8) is 0 Å². The first-order valence-corrected chi connectivity index (χ1v) is 10.9. The highest BCUT2D eigenvalue weighted by Gasteiger charge is 2.28. The molecule has 0 saturated carbocycles. The molecule has 4 rings (SSSR count). The summed E-state index contributed by atoms with van der Waals surface area (Å²) in [6, 6.07) is 16.0. The molecule has 1 fully saturated rings. The second-order valence-electron chi connectivity index (χ2n) is 7.67. The lowest BCUT2D eigenvalue weighted by Gasteiger charge is -2.34. The van der Waals surface area contributed by atoms with Crippen LogP contribution in [0, 0.1) is 6.92 Å². The maximum atomic E-state index is 12.9. The zero-order valence-electron chi connectivity index (χ0n) is 17.4. The molecule has 0 aliphatic carbocycles. The smallest absolute Gasteiger partial charge is 0.261 e. The van der Waals surface area contributed by atoms with Crippen molar-refractivity contribution in [1.82, 2.24) is 14.8 Å². The summed E-state index contributed by atoms with van der Waals surface area (Å²) in [6.45, 7) is 3.30. The molecule has 0 bridgehead atoms. The van der Waals surface area contributed by atoms with Crippen molar-refractivity contribution < 1.29 is 9.59 Å². The first-order chi connectivity index (χ1) is 15.3. The van der Waals surface area contributed by atoms with Gasteiger partial charge in [0.05, 0.1) is 15.6 Å². The quantitative estimate of drug-likeness (QED) is 0.622. The first-order valence-electron chi connectivity index (χ1n) is 10.2. The summed E-state index contributed by atoms with van der Waals surface area (Å²) in [4.78, 5) is 44.4. The van der Waals surface area contributed by atoms with Crippen molar-refractivity contribution in [2.45, 2.75) is 6.92 Å². The van der Waals surface area contributed by atoms with Crippen molar-refractivity contribution >= 4 is 35.0 Å². The van der Waals surface area contributed by atoms with Crippen LogP contribution in [-0.2, 0) is 0 Å². The average Bonchev–Trinajstić information content (AvgIpc) is 2.80. The Bertz CT molecular complexity index is 1250. The number of carbonyl (C=O) groups excluding carboxylic acids is 2. The van der Waals surface area contributed by atoms with Gasteiger partial charge in [0, 0.05) is 31.9 Å². The predicted octanol–water partition coefficient (Wildman–Crippen LogP) is 4.26. The fourth-order valence-electron chi connectivity index (χ4n) is 3.75. The van der Waals surface area contributed by atoms with Crippen molar-refractivity contribution in [3.8, 4) is 11.3 Å². The summed E-state index contributed by atoms with van der Waals surface area (Å²) in [5.74, 6) is -0.583. The highest BCUT2D eigenvalue weighted by atomic mass is 35.5. The molecule has 2 amide bonds. The van der Waals surface area contributed by atoms with Gasteiger partial charge in [-0.3, -0.25) is 14.4 Å². The molecule has 0 atom stereocenters. The fourth-order valence-corrected chi connectivity index (χ4v) is 4.13. The third kappa shape index (κ3) is 4.42. The van der Waals surface area contributed by atoms with Crippen LogP contribution in [0.5, 0.6) is 0 Å². The van der Waals surface area contributed by atoms with Gasteiger partial charge in [-0.2, -0.15) is 0 Å². The zero-order chi connectivity index (χ0) is 22.8. The van der Waals surface area contributed by atoms with Gasteiger partial charge < -0.3 is 14.8 Å². The molecular weight excluding hydrogens is 449 g/mol. The highest BCUT2D eigenvalue weighted by molar-refractivity contribution is 6.43. The molecule has 1 aliphatic rings. The summed E-state index contributed by atoms with van der Waals surface area (Å²) in [5.41, 5.74) is 2.60. The van der Waals surface area contributed by atoms with E-state index in [9.17, 15) is 14.4 Å². The maximum Gasteiger partial charge on any atom is 0.261 e. The number of benzene rings is 2. The van der Waals surface area contributed by atoms with Gasteiger partial charge in [-0.1, -0.05) is 53.0 Å². The molecule has 0 unspecified atom stereocenters. The summed E-state index contributed by atoms with van der Waals surface area (Å²) in [6.07, 6.45) is 0. The van der Waals surface area contributed by atoms with E-state index < -0.39 is 5.56 Å². The number of pyridine rings is 1. The lowest BCUT2D eigenvalue weighted by atomic mass is 10.1. The number of rotatable bonds is 3. The van der Waals surface area contributed by atoms with Crippen LogP contribution < -0.4 is 5.56 Å². The standard InChI is InChI=1S/C24H21Cl2N3O3/c1-15-4-2-5-16(14-15)20-9-8-18(22(30)27-20)24(32)29-12-10-28(11-13-29)23(31)17-6-3-7-19(25)21(17)26/h2-9,14H,10-13H2,1H3,(H,27,30). The number of H-pyrrole nitrogens is 1. The van der Waals surface area contributed by atoms with E-state index in [-0.39, 0.29) is 22.4 Å². The number of aryl methyl sites for hydroxylation is 1. The van der Waals surface area contributed by atoms with Gasteiger partial charge >= 0.3 is 0 Å². The van der Waals surface area contributed by atoms with Crippen LogP contribution in [0.25, 0.3) is 11.3 Å². The molecule has 32 heavy (non-hydrogen) atoms. The van der Waals surface area contributed by atoms with Crippen LogP contribution in [-0.4, -0.2) is 52.8 Å². The number of piperazine rings is 1. The molecule has 1 aliphatic heterocycles. The van der Waals surface area contributed by atoms with E-state index in [1.54, 1.807) is 40.1 Å². The molecule has 8 heteroatoms. The van der Waals surface area contributed by atoms with E-state index in [1.165, 1.54) is 0 Å². The highest BCUT2D eigenvalue weighted by Crippen LogP contribution is 2.27. The van der Waals surface area contributed by atoms with Gasteiger partial charge in [-0.25, -0.2) is 0 Å². The molecule has 0 spiro atoms. The molecule has 1 saturated heterocycles. The van der Waals surface area contributed by atoms with Gasteiger partial charge in [-0.15, -0.1) is 0 Å². The van der Waals surface area contributed by atoms with Crippen molar-refractivity contribution in [2.24, 2.45) is 0 Å². The monoisotopic (exact) mass is 469 g/mol. The van der Waals surface area contributed by atoms with Crippen molar-refractivity contribution in [3.05, 3.63) is 91.7 Å². The molecule has 2 heterocycles. The van der Waals surface area contributed by atoms with Gasteiger partial charge in [0.2, 0.25) is 0 Å². The fraction of sp³-hybridized carbons (Fsp3) is 0.208. The maximum absolute atomic E-state index is 12.9. The number of carbonyl (C=O) groups is 2. The lowest BCUT2D eigenvalue weighted by molar-refractivity contribution is 0.0534. The van der Waals surface area contributed by atoms with Crippen molar-refractivity contribution in [1.29, 1.82) is 0 Å². The Labute approximate surface area is 195 Å². The Morgan fingerprint density at radius 3 is 2.09 bits per heavy atom. The Hall–Kier alpha value is -3.09. The molecular formula is C24H21Cl2N3O3. The number of hydrogen-bond donors (Lipinski definition) is 1. The van der Waals surface area contributed by atoms with Crippen LogP contribution in [0.2, 0.25) is 10.0 Å². The molecule has 2 aromatic carbocycles. The van der Waals surface area contributed by atoms with E-state index in [2.05, 4.69) is 4.98 Å². The van der Waals surface area contributed by atoms with Gasteiger partial charge in [0.1, 0.15) is 5.56 Å². The third-order valence-corrected chi connectivity index (χ3v) is 6.32. The van der Waals surface area contributed by atoms with Gasteiger partial charge in [0.25, 0.3) is 17.4 Å². The Morgan fingerprint density at radius 1 is 0.844 bits per heavy atom. The number of halogens is 2. The minimum Gasteiger partial charge on any atom is -0.335 e. The number of nitrogens with one attached hydrogen (secondary N) is 1. The van der Waals surface area contributed by atoms with E-state index in [0.29, 0.717) is 42.5 Å². The largest absolute Gasteiger partial charge is 0.335 e. The molecule has 164 valence electrons. The third-order valence-electron chi connectivity index (χ3n) is 5.51. The number of nitrogens with zero attached hydrogens (tertiary/aromatic N) is 2. The average molecular weight is 470 g/mol. The minimum absolute atomic E-state index is 0.0825. The van der Waals surface area contributed by atoms with E-state index >= 15 is 0 Å². The molecule has 1 aromatic heterocycles. The topological polar surface area (TPSA) is 73.5 Å².